The number of hydrogen-bond donors (Lipinski definition) is 1. The lowest BCUT2D eigenvalue weighted by molar-refractivity contribution is -0.0399. The molecule has 0 amide bonds. The van der Waals surface area contributed by atoms with Gasteiger partial charge in [0.25, 0.3) is 0 Å². The first kappa shape index (κ1) is 16.5. The average Bonchev–Trinajstić information content (AvgIpc) is 2.95. The van der Waals surface area contributed by atoms with Crippen molar-refractivity contribution in [2.75, 3.05) is 26.7 Å². The highest BCUT2D eigenvalue weighted by molar-refractivity contribution is 6.30. The Morgan fingerprint density at radius 1 is 1.39 bits per heavy atom. The quantitative estimate of drug-likeness (QED) is 0.910. The monoisotopic (exact) mass is 335 g/mol. The van der Waals surface area contributed by atoms with Gasteiger partial charge >= 0.3 is 0 Å². The minimum Gasteiger partial charge on any atom is -0.374 e. The fourth-order valence-corrected chi connectivity index (χ4v) is 2.98. The summed E-state index contributed by atoms with van der Waals surface area (Å²) in [4.78, 5) is 2.29. The van der Waals surface area contributed by atoms with Gasteiger partial charge in [0, 0.05) is 24.2 Å². The number of benzene rings is 1. The molecule has 1 fully saturated rings. The molecule has 0 saturated carbocycles. The van der Waals surface area contributed by atoms with Crippen molar-refractivity contribution < 1.29 is 9.26 Å². The summed E-state index contributed by atoms with van der Waals surface area (Å²) in [5, 5.41) is 8.21. The molecule has 2 atom stereocenters. The Hall–Kier alpha value is -1.40. The molecule has 0 unspecified atom stereocenters. The summed E-state index contributed by atoms with van der Waals surface area (Å²) in [6.07, 6.45) is 0.0824. The third-order valence-electron chi connectivity index (χ3n) is 4.07. The summed E-state index contributed by atoms with van der Waals surface area (Å²) in [6, 6.07) is 9.93. The zero-order valence-electron chi connectivity index (χ0n) is 13.5. The van der Waals surface area contributed by atoms with Crippen LogP contribution in [0.4, 0.5) is 0 Å². The lowest BCUT2D eigenvalue weighted by atomic mass is 10.00. The van der Waals surface area contributed by atoms with E-state index in [9.17, 15) is 0 Å². The molecule has 0 aliphatic carbocycles. The number of hydrogen-bond acceptors (Lipinski definition) is 5. The number of likely N-dealkylation sites (N-methyl/N-ethyl adjacent to an activating group) is 1. The molecule has 1 N–H and O–H groups in total. The van der Waals surface area contributed by atoms with Crippen molar-refractivity contribution in [1.82, 2.24) is 15.4 Å². The van der Waals surface area contributed by atoms with Gasteiger partial charge in [-0.15, -0.1) is 0 Å². The molecule has 0 bridgehead atoms. The van der Waals surface area contributed by atoms with Gasteiger partial charge in [0.15, 0.2) is 5.76 Å². The fourth-order valence-electron chi connectivity index (χ4n) is 2.86. The molecule has 0 spiro atoms. The number of rotatable bonds is 5. The van der Waals surface area contributed by atoms with Crippen LogP contribution in [0.5, 0.6) is 0 Å². The van der Waals surface area contributed by atoms with Crippen molar-refractivity contribution in [3.63, 3.8) is 0 Å². The second-order valence-electron chi connectivity index (χ2n) is 6.02. The van der Waals surface area contributed by atoms with E-state index in [1.807, 2.05) is 37.3 Å². The number of ether oxygens (including phenoxy) is 1. The van der Waals surface area contributed by atoms with E-state index in [0.717, 1.165) is 41.7 Å². The zero-order valence-corrected chi connectivity index (χ0v) is 14.2. The van der Waals surface area contributed by atoms with Gasteiger partial charge in [0.05, 0.1) is 31.0 Å². The van der Waals surface area contributed by atoms with E-state index in [4.69, 9.17) is 20.9 Å². The van der Waals surface area contributed by atoms with Crippen LogP contribution < -0.4 is 5.32 Å². The average molecular weight is 336 g/mol. The number of nitrogens with zero attached hydrogens (tertiary/aromatic N) is 2. The first-order chi connectivity index (χ1) is 11.1. The van der Waals surface area contributed by atoms with E-state index in [1.165, 1.54) is 0 Å². The van der Waals surface area contributed by atoms with Gasteiger partial charge in [0.2, 0.25) is 0 Å². The Labute approximate surface area is 141 Å². The maximum absolute atomic E-state index is 6.02. The lowest BCUT2D eigenvalue weighted by Gasteiger charge is -2.35. The number of morpholine rings is 1. The largest absolute Gasteiger partial charge is 0.374 e. The number of aryl methyl sites for hydroxylation is 1. The highest BCUT2D eigenvalue weighted by Crippen LogP contribution is 2.24. The van der Waals surface area contributed by atoms with Crippen LogP contribution in [0.3, 0.4) is 0 Å². The van der Waals surface area contributed by atoms with Crippen LogP contribution in [-0.2, 0) is 11.3 Å². The molecule has 5 nitrogen and oxygen atoms in total. The number of halogens is 1. The summed E-state index contributed by atoms with van der Waals surface area (Å²) in [5.41, 5.74) is 2.05. The predicted octanol–water partition coefficient (Wildman–Crippen LogP) is 2.80. The highest BCUT2D eigenvalue weighted by atomic mass is 35.5. The molecule has 1 aliphatic heterocycles. The molecule has 1 saturated heterocycles. The van der Waals surface area contributed by atoms with Gasteiger partial charge in [-0.05, 0) is 31.7 Å². The van der Waals surface area contributed by atoms with Gasteiger partial charge in [-0.25, -0.2) is 0 Å². The van der Waals surface area contributed by atoms with E-state index in [-0.39, 0.29) is 12.1 Å². The highest BCUT2D eigenvalue weighted by Gasteiger charge is 2.28. The Balaban J connectivity index is 1.76. The topological polar surface area (TPSA) is 50.5 Å². The maximum Gasteiger partial charge on any atom is 0.150 e. The standard InChI is InChI=1S/C17H22ClN3O2/c1-12-9-15(23-20-12)10-19-17(13-3-5-14(18)6-4-13)16-11-21(2)7-8-22-16/h3-6,9,16-17,19H,7-8,10-11H2,1-2H3/t16-,17+/m0/s1. The molecule has 1 aromatic carbocycles. The van der Waals surface area contributed by atoms with Crippen LogP contribution in [-0.4, -0.2) is 42.9 Å². The normalized spacial score (nSPS) is 20.6. The molecule has 23 heavy (non-hydrogen) atoms. The molecule has 0 radical (unpaired) electrons. The fraction of sp³-hybridized carbons (Fsp3) is 0.471. The van der Waals surface area contributed by atoms with Crippen molar-refractivity contribution >= 4 is 11.6 Å². The van der Waals surface area contributed by atoms with Crippen molar-refractivity contribution in [2.45, 2.75) is 25.6 Å². The molecule has 6 heteroatoms. The van der Waals surface area contributed by atoms with Crippen LogP contribution in [0, 0.1) is 6.92 Å². The third kappa shape index (κ3) is 4.32. The molecule has 124 valence electrons. The third-order valence-corrected chi connectivity index (χ3v) is 4.32. The van der Waals surface area contributed by atoms with E-state index in [0.29, 0.717) is 6.54 Å². The zero-order chi connectivity index (χ0) is 16.2. The van der Waals surface area contributed by atoms with Crippen LogP contribution in [0.1, 0.15) is 23.1 Å². The van der Waals surface area contributed by atoms with E-state index < -0.39 is 0 Å². The van der Waals surface area contributed by atoms with Gasteiger partial charge in [-0.1, -0.05) is 28.9 Å². The number of nitrogens with one attached hydrogen (secondary N) is 1. The van der Waals surface area contributed by atoms with Gasteiger partial charge in [-0.3, -0.25) is 0 Å². The van der Waals surface area contributed by atoms with E-state index in [1.54, 1.807) is 0 Å². The maximum atomic E-state index is 6.02. The lowest BCUT2D eigenvalue weighted by Crippen LogP contribution is -2.46. The molecule has 2 aromatic rings. The first-order valence-corrected chi connectivity index (χ1v) is 8.21. The Bertz CT molecular complexity index is 629. The Kier molecular flexibility index (Phi) is 5.33. The second-order valence-corrected chi connectivity index (χ2v) is 6.45. The minimum absolute atomic E-state index is 0.0698. The minimum atomic E-state index is 0.0698. The van der Waals surface area contributed by atoms with Crippen molar-refractivity contribution in [2.24, 2.45) is 0 Å². The van der Waals surface area contributed by atoms with Crippen LogP contribution in [0.25, 0.3) is 0 Å². The van der Waals surface area contributed by atoms with Crippen LogP contribution in [0.2, 0.25) is 5.02 Å². The van der Waals surface area contributed by atoms with Gasteiger partial charge in [0.1, 0.15) is 0 Å². The molecule has 1 aliphatic rings. The Morgan fingerprint density at radius 2 is 2.17 bits per heavy atom. The second kappa shape index (κ2) is 7.45. The first-order valence-electron chi connectivity index (χ1n) is 7.83. The van der Waals surface area contributed by atoms with Crippen LogP contribution >= 0.6 is 11.6 Å². The van der Waals surface area contributed by atoms with Crippen LogP contribution in [0.15, 0.2) is 34.9 Å². The summed E-state index contributed by atoms with van der Waals surface area (Å²) in [5.74, 6) is 0.825. The molecular weight excluding hydrogens is 314 g/mol. The predicted molar refractivity (Wildman–Crippen MR) is 89.5 cm³/mol. The van der Waals surface area contributed by atoms with E-state index in [2.05, 4.69) is 22.4 Å². The van der Waals surface area contributed by atoms with Gasteiger partial charge in [-0.2, -0.15) is 0 Å². The number of aromatic nitrogens is 1. The molecule has 2 heterocycles. The molecule has 3 rings (SSSR count). The Morgan fingerprint density at radius 3 is 2.83 bits per heavy atom. The molecular formula is C17H22ClN3O2. The molecule has 1 aromatic heterocycles. The summed E-state index contributed by atoms with van der Waals surface area (Å²) in [6.45, 7) is 5.12. The smallest absolute Gasteiger partial charge is 0.150 e. The SMILES string of the molecule is Cc1cc(CN[C@H](c2ccc(Cl)cc2)[C@@H]2CN(C)CCO2)on1. The van der Waals surface area contributed by atoms with Crippen molar-refractivity contribution in [3.05, 3.63) is 52.4 Å². The summed E-state index contributed by atoms with van der Waals surface area (Å²) in [7, 11) is 2.12. The van der Waals surface area contributed by atoms with Crippen molar-refractivity contribution in [1.29, 1.82) is 0 Å². The summed E-state index contributed by atoms with van der Waals surface area (Å²) < 4.78 is 11.3. The van der Waals surface area contributed by atoms with Crippen molar-refractivity contribution in [3.8, 4) is 0 Å². The van der Waals surface area contributed by atoms with E-state index >= 15 is 0 Å². The summed E-state index contributed by atoms with van der Waals surface area (Å²) >= 11 is 6.02. The van der Waals surface area contributed by atoms with Gasteiger partial charge < -0.3 is 19.5 Å².